The number of alkyl halides is 3. The number of rotatable bonds is 5. The summed E-state index contributed by atoms with van der Waals surface area (Å²) in [6.45, 7) is 0.392. The molecule has 0 amide bonds. The first-order chi connectivity index (χ1) is 8.39. The molecule has 0 aromatic heterocycles. The number of halogens is 3. The summed E-state index contributed by atoms with van der Waals surface area (Å²) in [5, 5.41) is 8.91. The van der Waals surface area contributed by atoms with Crippen molar-refractivity contribution in [2.75, 3.05) is 24.6 Å². The lowest BCUT2D eigenvalue weighted by atomic mass is 10.1. The van der Waals surface area contributed by atoms with Crippen LogP contribution in [-0.4, -0.2) is 31.0 Å². The lowest BCUT2D eigenvalue weighted by Gasteiger charge is -2.28. The lowest BCUT2D eigenvalue weighted by molar-refractivity contribution is -0.119. The van der Waals surface area contributed by atoms with Gasteiger partial charge >= 0.3 is 6.18 Å². The van der Waals surface area contributed by atoms with Gasteiger partial charge in [0.15, 0.2) is 0 Å². The summed E-state index contributed by atoms with van der Waals surface area (Å²) < 4.78 is 37.6. The van der Waals surface area contributed by atoms with Gasteiger partial charge in [0.05, 0.1) is 6.61 Å². The van der Waals surface area contributed by atoms with Crippen LogP contribution >= 0.6 is 0 Å². The van der Waals surface area contributed by atoms with E-state index >= 15 is 0 Å². The Bertz CT molecular complexity index is 393. The molecule has 0 aliphatic rings. The molecule has 0 saturated carbocycles. The first-order valence-corrected chi connectivity index (χ1v) is 5.60. The molecule has 1 aromatic rings. The van der Waals surface area contributed by atoms with Gasteiger partial charge in [0.2, 0.25) is 0 Å². The molecule has 0 spiro atoms. The Hall–Kier alpha value is -1.27. The molecular formula is C12H17F3N2O. The molecule has 0 heterocycles. The third-order valence-corrected chi connectivity index (χ3v) is 2.60. The number of aryl methyl sites for hydroxylation is 1. The minimum absolute atomic E-state index is 0.0721. The van der Waals surface area contributed by atoms with Crippen molar-refractivity contribution in [3.05, 3.63) is 29.3 Å². The predicted molar refractivity (Wildman–Crippen MR) is 64.4 cm³/mol. The van der Waals surface area contributed by atoms with Crippen LogP contribution in [0.2, 0.25) is 0 Å². The van der Waals surface area contributed by atoms with Gasteiger partial charge in [0, 0.05) is 18.8 Å². The van der Waals surface area contributed by atoms with E-state index in [-0.39, 0.29) is 19.7 Å². The van der Waals surface area contributed by atoms with Crippen molar-refractivity contribution in [2.45, 2.75) is 19.6 Å². The number of hydrogen-bond donors (Lipinski definition) is 2. The zero-order valence-corrected chi connectivity index (χ0v) is 10.2. The molecular weight excluding hydrogens is 245 g/mol. The summed E-state index contributed by atoms with van der Waals surface area (Å²) in [6, 6.07) is 5.18. The molecule has 0 aliphatic carbocycles. The van der Waals surface area contributed by atoms with Gasteiger partial charge in [-0.15, -0.1) is 0 Å². The maximum Gasteiger partial charge on any atom is 0.405 e. The molecule has 0 atom stereocenters. The highest BCUT2D eigenvalue weighted by atomic mass is 19.4. The van der Waals surface area contributed by atoms with Crippen LogP contribution < -0.4 is 10.6 Å². The van der Waals surface area contributed by atoms with Crippen LogP contribution in [-0.2, 0) is 6.54 Å². The van der Waals surface area contributed by atoms with E-state index in [0.717, 1.165) is 10.5 Å². The average molecular weight is 262 g/mol. The van der Waals surface area contributed by atoms with Gasteiger partial charge in [-0.05, 0) is 18.1 Å². The Balaban J connectivity index is 3.12. The van der Waals surface area contributed by atoms with Crippen molar-refractivity contribution in [3.63, 3.8) is 0 Å². The molecule has 0 aliphatic heterocycles. The van der Waals surface area contributed by atoms with Crippen molar-refractivity contribution in [1.82, 2.24) is 0 Å². The Kier molecular flexibility index (Phi) is 4.98. The van der Waals surface area contributed by atoms with Gasteiger partial charge in [-0.3, -0.25) is 0 Å². The van der Waals surface area contributed by atoms with Crippen LogP contribution in [0.15, 0.2) is 18.2 Å². The predicted octanol–water partition coefficient (Wildman–Crippen LogP) is 1.81. The number of anilines is 1. The molecule has 1 rings (SSSR count). The van der Waals surface area contributed by atoms with Gasteiger partial charge in [-0.2, -0.15) is 13.2 Å². The second kappa shape index (κ2) is 6.06. The number of aliphatic hydroxyl groups is 1. The molecule has 3 nitrogen and oxygen atoms in total. The van der Waals surface area contributed by atoms with Gasteiger partial charge in [0.25, 0.3) is 0 Å². The SMILES string of the molecule is Cc1cccc(CN)c1N(CCO)CC(F)(F)F. The third-order valence-electron chi connectivity index (χ3n) is 2.60. The van der Waals surface area contributed by atoms with Gasteiger partial charge < -0.3 is 15.7 Å². The van der Waals surface area contributed by atoms with E-state index in [2.05, 4.69) is 0 Å². The standard InChI is InChI=1S/C12H17F3N2O/c1-9-3-2-4-10(7-16)11(9)17(5-6-18)8-12(13,14)15/h2-4,18H,5-8,16H2,1H3. The molecule has 0 saturated heterocycles. The van der Waals surface area contributed by atoms with Crippen molar-refractivity contribution < 1.29 is 18.3 Å². The minimum atomic E-state index is -4.32. The Labute approximate surface area is 104 Å². The monoisotopic (exact) mass is 262 g/mol. The zero-order chi connectivity index (χ0) is 13.8. The van der Waals surface area contributed by atoms with E-state index in [1.54, 1.807) is 25.1 Å². The molecule has 18 heavy (non-hydrogen) atoms. The highest BCUT2D eigenvalue weighted by Gasteiger charge is 2.31. The average Bonchev–Trinajstić information content (AvgIpc) is 2.26. The number of benzene rings is 1. The highest BCUT2D eigenvalue weighted by molar-refractivity contribution is 5.59. The van der Waals surface area contributed by atoms with Gasteiger partial charge in [0.1, 0.15) is 6.54 Å². The van der Waals surface area contributed by atoms with Crippen molar-refractivity contribution >= 4 is 5.69 Å². The molecule has 1 aromatic carbocycles. The molecule has 6 heteroatoms. The number of para-hydroxylation sites is 1. The van der Waals surface area contributed by atoms with Crippen LogP contribution in [0, 0.1) is 6.92 Å². The fourth-order valence-corrected chi connectivity index (χ4v) is 1.94. The summed E-state index contributed by atoms with van der Waals surface area (Å²) in [6.07, 6.45) is -4.32. The smallest absolute Gasteiger partial charge is 0.395 e. The van der Waals surface area contributed by atoms with Gasteiger partial charge in [-0.1, -0.05) is 18.2 Å². The lowest BCUT2D eigenvalue weighted by Crippen LogP contribution is -2.37. The fraction of sp³-hybridized carbons (Fsp3) is 0.500. The third kappa shape index (κ3) is 3.89. The Morgan fingerprint density at radius 1 is 1.33 bits per heavy atom. The van der Waals surface area contributed by atoms with Gasteiger partial charge in [-0.25, -0.2) is 0 Å². The second-order valence-electron chi connectivity index (χ2n) is 4.05. The van der Waals surface area contributed by atoms with E-state index in [4.69, 9.17) is 10.8 Å². The first-order valence-electron chi connectivity index (χ1n) is 5.60. The van der Waals surface area contributed by atoms with E-state index in [1.807, 2.05) is 0 Å². The minimum Gasteiger partial charge on any atom is -0.395 e. The number of aliphatic hydroxyl groups excluding tert-OH is 1. The summed E-state index contributed by atoms with van der Waals surface area (Å²) in [5.74, 6) is 0. The van der Waals surface area contributed by atoms with E-state index in [0.29, 0.717) is 11.3 Å². The molecule has 0 bridgehead atoms. The number of hydrogen-bond acceptors (Lipinski definition) is 3. The summed E-state index contributed by atoms with van der Waals surface area (Å²) in [4.78, 5) is 1.12. The van der Waals surface area contributed by atoms with Crippen LogP contribution in [0.25, 0.3) is 0 Å². The maximum absolute atomic E-state index is 12.5. The second-order valence-corrected chi connectivity index (χ2v) is 4.05. The fourth-order valence-electron chi connectivity index (χ4n) is 1.94. The number of nitrogens with zero attached hydrogens (tertiary/aromatic N) is 1. The molecule has 0 radical (unpaired) electrons. The largest absolute Gasteiger partial charge is 0.405 e. The topological polar surface area (TPSA) is 49.5 Å². The summed E-state index contributed by atoms with van der Waals surface area (Å²) >= 11 is 0. The van der Waals surface area contributed by atoms with Crippen molar-refractivity contribution in [1.29, 1.82) is 0 Å². The van der Waals surface area contributed by atoms with Crippen LogP contribution in [0.4, 0.5) is 18.9 Å². The maximum atomic E-state index is 12.5. The summed E-state index contributed by atoms with van der Waals surface area (Å²) in [7, 11) is 0. The summed E-state index contributed by atoms with van der Waals surface area (Å²) in [5.41, 5.74) is 7.38. The molecule has 0 unspecified atom stereocenters. The van der Waals surface area contributed by atoms with E-state index < -0.39 is 12.7 Å². The quantitative estimate of drug-likeness (QED) is 0.851. The molecule has 0 fully saturated rings. The van der Waals surface area contributed by atoms with Crippen molar-refractivity contribution in [2.24, 2.45) is 5.73 Å². The molecule has 3 N–H and O–H groups in total. The zero-order valence-electron chi connectivity index (χ0n) is 10.2. The normalized spacial score (nSPS) is 11.7. The van der Waals surface area contributed by atoms with Crippen LogP contribution in [0.1, 0.15) is 11.1 Å². The van der Waals surface area contributed by atoms with E-state index in [1.165, 1.54) is 0 Å². The Morgan fingerprint density at radius 2 is 2.00 bits per heavy atom. The van der Waals surface area contributed by atoms with E-state index in [9.17, 15) is 13.2 Å². The van der Waals surface area contributed by atoms with Crippen molar-refractivity contribution in [3.8, 4) is 0 Å². The highest BCUT2D eigenvalue weighted by Crippen LogP contribution is 2.28. The Morgan fingerprint density at radius 3 is 2.50 bits per heavy atom. The van der Waals surface area contributed by atoms with Crippen LogP contribution in [0.5, 0.6) is 0 Å². The number of nitrogens with two attached hydrogens (primary N) is 1. The van der Waals surface area contributed by atoms with Crippen LogP contribution in [0.3, 0.4) is 0 Å². The first kappa shape index (κ1) is 14.8. The molecule has 102 valence electrons.